The number of aromatic nitrogens is 3. The maximum atomic E-state index is 6.36. The van der Waals surface area contributed by atoms with Gasteiger partial charge in [0.15, 0.2) is 8.32 Å². The molecule has 0 radical (unpaired) electrons. The molecule has 3 heterocycles. The van der Waals surface area contributed by atoms with Crippen molar-refractivity contribution in [3.63, 3.8) is 0 Å². The van der Waals surface area contributed by atoms with E-state index in [4.69, 9.17) is 4.43 Å². The van der Waals surface area contributed by atoms with Crippen LogP contribution in [0.1, 0.15) is 20.8 Å². The van der Waals surface area contributed by atoms with Crippen LogP contribution in [0.15, 0.2) is 35.2 Å². The van der Waals surface area contributed by atoms with Crippen molar-refractivity contribution < 1.29 is 4.43 Å². The van der Waals surface area contributed by atoms with E-state index < -0.39 is 8.32 Å². The third-order valence-electron chi connectivity index (χ3n) is 5.06. The topological polar surface area (TPSA) is 39.9 Å². The van der Waals surface area contributed by atoms with Crippen molar-refractivity contribution in [2.45, 2.75) is 45.4 Å². The number of nitrogens with zero attached hydrogens (tertiary/aromatic N) is 3. The first kappa shape index (κ1) is 17.6. The molecule has 0 saturated heterocycles. The fourth-order valence-electron chi connectivity index (χ4n) is 2.62. The molecule has 0 fully saturated rings. The van der Waals surface area contributed by atoms with Gasteiger partial charge in [0.05, 0.1) is 12.1 Å². The quantitative estimate of drug-likeness (QED) is 0.432. The maximum absolute atomic E-state index is 6.36. The molecule has 0 aliphatic carbocycles. The van der Waals surface area contributed by atoms with E-state index in [1.807, 2.05) is 18.5 Å². The van der Waals surface area contributed by atoms with E-state index in [0.717, 1.165) is 33.1 Å². The molecule has 0 aliphatic rings. The Hall–Kier alpha value is -1.24. The van der Waals surface area contributed by atoms with Gasteiger partial charge in [0.2, 0.25) is 0 Å². The van der Waals surface area contributed by atoms with Gasteiger partial charge in [0.1, 0.15) is 10.3 Å². The molecule has 24 heavy (non-hydrogen) atoms. The first-order chi connectivity index (χ1) is 11.2. The summed E-state index contributed by atoms with van der Waals surface area (Å²) in [5, 5.41) is 2.49. The van der Waals surface area contributed by atoms with Crippen LogP contribution < -0.4 is 0 Å². The summed E-state index contributed by atoms with van der Waals surface area (Å²) in [6.45, 7) is 12.9. The third kappa shape index (κ3) is 3.14. The highest BCUT2D eigenvalue weighted by Crippen LogP contribution is 2.36. The molecule has 0 N–H and O–H groups in total. The summed E-state index contributed by atoms with van der Waals surface area (Å²) in [7, 11) is -1.74. The highest BCUT2D eigenvalue weighted by Gasteiger charge is 2.36. The first-order valence-electron chi connectivity index (χ1n) is 8.23. The monoisotopic (exact) mass is 405 g/mol. The van der Waals surface area contributed by atoms with Gasteiger partial charge in [0.25, 0.3) is 0 Å². The predicted molar refractivity (Wildman–Crippen MR) is 106 cm³/mol. The van der Waals surface area contributed by atoms with E-state index in [1.165, 1.54) is 0 Å². The summed E-state index contributed by atoms with van der Waals surface area (Å²) in [4.78, 5) is 8.96. The van der Waals surface area contributed by atoms with Crippen LogP contribution in [0.2, 0.25) is 18.1 Å². The molecule has 0 atom stereocenters. The van der Waals surface area contributed by atoms with Crippen molar-refractivity contribution in [2.75, 3.05) is 6.61 Å². The number of hydrogen-bond acceptors (Lipinski definition) is 3. The highest BCUT2D eigenvalue weighted by molar-refractivity contribution is 9.10. The van der Waals surface area contributed by atoms with E-state index in [0.29, 0.717) is 6.61 Å². The Kier molecular flexibility index (Phi) is 4.57. The van der Waals surface area contributed by atoms with Gasteiger partial charge in [0, 0.05) is 29.7 Å². The lowest BCUT2D eigenvalue weighted by atomic mass is 10.2. The van der Waals surface area contributed by atoms with Gasteiger partial charge in [-0.15, -0.1) is 0 Å². The summed E-state index contributed by atoms with van der Waals surface area (Å²) in [6, 6.07) is 6.13. The van der Waals surface area contributed by atoms with Crippen molar-refractivity contribution in [1.82, 2.24) is 14.5 Å². The van der Waals surface area contributed by atoms with Gasteiger partial charge < -0.3 is 8.99 Å². The van der Waals surface area contributed by atoms with Crippen LogP contribution in [0, 0.1) is 0 Å². The van der Waals surface area contributed by atoms with E-state index >= 15 is 0 Å². The van der Waals surface area contributed by atoms with Gasteiger partial charge in [-0.3, -0.25) is 4.98 Å². The summed E-state index contributed by atoms with van der Waals surface area (Å²) in [5.74, 6) is 0. The molecule has 0 amide bonds. The largest absolute Gasteiger partial charge is 0.415 e. The van der Waals surface area contributed by atoms with E-state index in [1.54, 1.807) is 0 Å². The Balaban J connectivity index is 1.95. The van der Waals surface area contributed by atoms with Crippen molar-refractivity contribution in [2.24, 2.45) is 0 Å². The summed E-state index contributed by atoms with van der Waals surface area (Å²) >= 11 is 3.49. The Labute approximate surface area is 152 Å². The van der Waals surface area contributed by atoms with Crippen molar-refractivity contribution in [3.8, 4) is 0 Å². The lowest BCUT2D eigenvalue weighted by Crippen LogP contribution is -2.41. The Morgan fingerprint density at radius 2 is 1.92 bits per heavy atom. The molecule has 128 valence electrons. The fourth-order valence-corrected chi connectivity index (χ4v) is 3.96. The van der Waals surface area contributed by atoms with Crippen LogP contribution in [0.25, 0.3) is 21.9 Å². The number of fused-ring (bicyclic) bond motifs is 3. The van der Waals surface area contributed by atoms with Crippen molar-refractivity contribution >= 4 is 46.2 Å². The molecular formula is C18H24BrN3OSi. The zero-order valence-electron chi connectivity index (χ0n) is 14.9. The molecular weight excluding hydrogens is 382 g/mol. The second-order valence-corrected chi connectivity index (χ2v) is 13.3. The first-order valence-corrected chi connectivity index (χ1v) is 11.9. The highest BCUT2D eigenvalue weighted by atomic mass is 79.9. The minimum Gasteiger partial charge on any atom is -0.415 e. The van der Waals surface area contributed by atoms with Crippen LogP contribution in [-0.2, 0) is 11.0 Å². The molecule has 3 rings (SSSR count). The van der Waals surface area contributed by atoms with Gasteiger partial charge in [-0.25, -0.2) is 4.98 Å². The minimum absolute atomic E-state index is 0.221. The average Bonchev–Trinajstić information content (AvgIpc) is 2.80. The molecule has 0 aromatic carbocycles. The molecule has 0 bridgehead atoms. The second kappa shape index (κ2) is 6.24. The number of rotatable bonds is 4. The molecule has 0 saturated carbocycles. The van der Waals surface area contributed by atoms with Crippen molar-refractivity contribution in [1.29, 1.82) is 0 Å². The SMILES string of the molecule is CC(C)(C)[Si](C)(C)OCCn1c2ccncc2c2ccc(Br)nc21. The Bertz CT molecular complexity index is 883. The lowest BCUT2D eigenvalue weighted by molar-refractivity contribution is 0.275. The standard InChI is InChI=1S/C18H24BrN3OSi/c1-18(2,3)24(4,5)23-11-10-22-15-8-9-20-12-14(15)13-6-7-16(19)21-17(13)22/h6-9,12H,10-11H2,1-5H3. The van der Waals surface area contributed by atoms with Crippen LogP contribution >= 0.6 is 15.9 Å². The Morgan fingerprint density at radius 1 is 1.17 bits per heavy atom. The maximum Gasteiger partial charge on any atom is 0.192 e. The van der Waals surface area contributed by atoms with Gasteiger partial charge in [-0.2, -0.15) is 0 Å². The predicted octanol–water partition coefficient (Wildman–Crippen LogP) is 5.37. The number of pyridine rings is 2. The number of halogens is 1. The fraction of sp³-hybridized carbons (Fsp3) is 0.444. The van der Waals surface area contributed by atoms with Gasteiger partial charge in [-0.1, -0.05) is 20.8 Å². The summed E-state index contributed by atoms with van der Waals surface area (Å²) in [6.07, 6.45) is 3.75. The normalized spacial score (nSPS) is 13.1. The Morgan fingerprint density at radius 3 is 2.62 bits per heavy atom. The molecule has 3 aromatic heterocycles. The van der Waals surface area contributed by atoms with Gasteiger partial charge >= 0.3 is 0 Å². The third-order valence-corrected chi connectivity index (χ3v) is 10.0. The molecule has 0 aliphatic heterocycles. The van der Waals surface area contributed by atoms with E-state index in [2.05, 4.69) is 76.5 Å². The van der Waals surface area contributed by atoms with Crippen LogP contribution in [-0.4, -0.2) is 29.5 Å². The lowest BCUT2D eigenvalue weighted by Gasteiger charge is -2.36. The molecule has 0 spiro atoms. The summed E-state index contributed by atoms with van der Waals surface area (Å²) < 4.78 is 9.44. The van der Waals surface area contributed by atoms with Crippen LogP contribution in [0.5, 0.6) is 0 Å². The average molecular weight is 406 g/mol. The van der Waals surface area contributed by atoms with E-state index in [9.17, 15) is 0 Å². The van der Waals surface area contributed by atoms with E-state index in [-0.39, 0.29) is 5.04 Å². The van der Waals surface area contributed by atoms with Gasteiger partial charge in [-0.05, 0) is 52.3 Å². The molecule has 3 aromatic rings. The van der Waals surface area contributed by atoms with Crippen molar-refractivity contribution in [3.05, 3.63) is 35.2 Å². The van der Waals surface area contributed by atoms with Crippen LogP contribution in [0.3, 0.4) is 0 Å². The van der Waals surface area contributed by atoms with Crippen LogP contribution in [0.4, 0.5) is 0 Å². The number of hydrogen-bond donors (Lipinski definition) is 0. The summed E-state index contributed by atoms with van der Waals surface area (Å²) in [5.41, 5.74) is 2.13. The molecule has 0 unspecified atom stereocenters. The molecule has 4 nitrogen and oxygen atoms in total. The zero-order valence-corrected chi connectivity index (χ0v) is 17.5. The second-order valence-electron chi connectivity index (χ2n) is 7.66. The minimum atomic E-state index is -1.74. The zero-order chi connectivity index (χ0) is 17.5. The molecule has 6 heteroatoms. The smallest absolute Gasteiger partial charge is 0.192 e.